The van der Waals surface area contributed by atoms with E-state index in [1.165, 1.54) is 6.07 Å². The van der Waals surface area contributed by atoms with Gasteiger partial charge in [-0.25, -0.2) is 4.39 Å². The zero-order valence-corrected chi connectivity index (χ0v) is 12.7. The largest absolute Gasteiger partial charge is 0.326 e. The standard InChI is InChI=1S/C18H21FN2O/c1-14-6-8-16(9-7-14)21-18(22)11-13-20-12-10-15-4-2-3-5-17(15)19/h2-9,20H,10-13H2,1H3,(H,21,22). The maximum absolute atomic E-state index is 13.4. The van der Waals surface area contributed by atoms with E-state index >= 15 is 0 Å². The highest BCUT2D eigenvalue weighted by atomic mass is 19.1. The van der Waals surface area contributed by atoms with Gasteiger partial charge in [0.2, 0.25) is 5.91 Å². The first-order chi connectivity index (χ1) is 10.6. The molecule has 0 aromatic heterocycles. The number of aryl methyl sites for hydroxylation is 1. The molecule has 4 heteroatoms. The Hall–Kier alpha value is -2.20. The zero-order chi connectivity index (χ0) is 15.8. The SMILES string of the molecule is Cc1ccc(NC(=O)CCNCCc2ccccc2F)cc1. The van der Waals surface area contributed by atoms with E-state index in [9.17, 15) is 9.18 Å². The van der Waals surface area contributed by atoms with Crippen LogP contribution in [0.3, 0.4) is 0 Å². The summed E-state index contributed by atoms with van der Waals surface area (Å²) in [6.45, 7) is 3.23. The number of hydrogen-bond donors (Lipinski definition) is 2. The minimum atomic E-state index is -0.179. The van der Waals surface area contributed by atoms with Crippen molar-refractivity contribution >= 4 is 11.6 Å². The predicted octanol–water partition coefficient (Wildman–Crippen LogP) is 3.30. The molecule has 3 nitrogen and oxygen atoms in total. The van der Waals surface area contributed by atoms with E-state index in [0.717, 1.165) is 11.3 Å². The van der Waals surface area contributed by atoms with Crippen LogP contribution >= 0.6 is 0 Å². The maximum Gasteiger partial charge on any atom is 0.225 e. The van der Waals surface area contributed by atoms with Gasteiger partial charge in [-0.3, -0.25) is 4.79 Å². The summed E-state index contributed by atoms with van der Waals surface area (Å²) in [4.78, 5) is 11.8. The van der Waals surface area contributed by atoms with Crippen LogP contribution in [0.1, 0.15) is 17.5 Å². The molecule has 2 aromatic rings. The molecule has 0 aliphatic heterocycles. The van der Waals surface area contributed by atoms with Gasteiger partial charge in [0.25, 0.3) is 0 Å². The van der Waals surface area contributed by atoms with Gasteiger partial charge in [-0.1, -0.05) is 35.9 Å². The smallest absolute Gasteiger partial charge is 0.225 e. The van der Waals surface area contributed by atoms with Crippen molar-refractivity contribution in [2.75, 3.05) is 18.4 Å². The number of amides is 1. The highest BCUT2D eigenvalue weighted by Crippen LogP contribution is 2.09. The summed E-state index contributed by atoms with van der Waals surface area (Å²) in [6.07, 6.45) is 1.01. The fourth-order valence-corrected chi connectivity index (χ4v) is 2.11. The van der Waals surface area contributed by atoms with E-state index in [2.05, 4.69) is 10.6 Å². The van der Waals surface area contributed by atoms with Crippen molar-refractivity contribution in [3.63, 3.8) is 0 Å². The summed E-state index contributed by atoms with van der Waals surface area (Å²) < 4.78 is 13.4. The molecule has 0 saturated heterocycles. The molecule has 0 spiro atoms. The Morgan fingerprint density at radius 2 is 1.77 bits per heavy atom. The molecule has 0 bridgehead atoms. The molecule has 0 heterocycles. The fraction of sp³-hybridized carbons (Fsp3) is 0.278. The van der Waals surface area contributed by atoms with Gasteiger partial charge in [0, 0.05) is 18.7 Å². The number of benzene rings is 2. The van der Waals surface area contributed by atoms with Gasteiger partial charge in [0.1, 0.15) is 5.82 Å². The van der Waals surface area contributed by atoms with Gasteiger partial charge in [-0.15, -0.1) is 0 Å². The Bertz CT molecular complexity index is 611. The van der Waals surface area contributed by atoms with E-state index in [1.54, 1.807) is 12.1 Å². The molecule has 0 unspecified atom stereocenters. The first kappa shape index (κ1) is 16.2. The lowest BCUT2D eigenvalue weighted by molar-refractivity contribution is -0.116. The molecule has 0 saturated carbocycles. The molecule has 0 radical (unpaired) electrons. The predicted molar refractivity (Wildman–Crippen MR) is 87.4 cm³/mol. The molecule has 0 fully saturated rings. The molecule has 1 amide bonds. The Balaban J connectivity index is 1.63. The van der Waals surface area contributed by atoms with Crippen LogP contribution in [0.15, 0.2) is 48.5 Å². The second-order valence-corrected chi connectivity index (χ2v) is 5.26. The van der Waals surface area contributed by atoms with Crippen LogP contribution in [-0.4, -0.2) is 19.0 Å². The van der Waals surface area contributed by atoms with Crippen molar-refractivity contribution in [3.05, 3.63) is 65.5 Å². The molecule has 0 aliphatic rings. The molecular weight excluding hydrogens is 279 g/mol. The highest BCUT2D eigenvalue weighted by molar-refractivity contribution is 5.90. The third kappa shape index (κ3) is 5.30. The second-order valence-electron chi connectivity index (χ2n) is 5.26. The van der Waals surface area contributed by atoms with Gasteiger partial charge < -0.3 is 10.6 Å². The number of rotatable bonds is 7. The van der Waals surface area contributed by atoms with Crippen molar-refractivity contribution < 1.29 is 9.18 Å². The number of hydrogen-bond acceptors (Lipinski definition) is 2. The molecule has 2 rings (SSSR count). The minimum absolute atomic E-state index is 0.0257. The monoisotopic (exact) mass is 300 g/mol. The third-order valence-corrected chi connectivity index (χ3v) is 3.39. The number of nitrogens with one attached hydrogen (secondary N) is 2. The number of carbonyl (C=O) groups is 1. The van der Waals surface area contributed by atoms with Gasteiger partial charge in [-0.2, -0.15) is 0 Å². The third-order valence-electron chi connectivity index (χ3n) is 3.39. The Morgan fingerprint density at radius 1 is 1.05 bits per heavy atom. The molecule has 22 heavy (non-hydrogen) atoms. The Morgan fingerprint density at radius 3 is 2.50 bits per heavy atom. The summed E-state index contributed by atoms with van der Waals surface area (Å²) in [7, 11) is 0. The first-order valence-electron chi connectivity index (χ1n) is 7.46. The summed E-state index contributed by atoms with van der Waals surface area (Å²) >= 11 is 0. The van der Waals surface area contributed by atoms with Crippen LogP contribution in [-0.2, 0) is 11.2 Å². The van der Waals surface area contributed by atoms with Crippen molar-refractivity contribution in [3.8, 4) is 0 Å². The van der Waals surface area contributed by atoms with Crippen molar-refractivity contribution in [2.24, 2.45) is 0 Å². The van der Waals surface area contributed by atoms with E-state index < -0.39 is 0 Å². The Kier molecular flexibility index (Phi) is 6.10. The topological polar surface area (TPSA) is 41.1 Å². The molecular formula is C18H21FN2O. The van der Waals surface area contributed by atoms with Gasteiger partial charge in [-0.05, 0) is 43.7 Å². The van der Waals surface area contributed by atoms with E-state index in [0.29, 0.717) is 31.5 Å². The Labute approximate surface area is 130 Å². The van der Waals surface area contributed by atoms with Gasteiger partial charge >= 0.3 is 0 Å². The first-order valence-corrected chi connectivity index (χ1v) is 7.46. The summed E-state index contributed by atoms with van der Waals surface area (Å²) in [6, 6.07) is 14.4. The van der Waals surface area contributed by atoms with E-state index in [4.69, 9.17) is 0 Å². The van der Waals surface area contributed by atoms with Crippen LogP contribution in [0.5, 0.6) is 0 Å². The summed E-state index contributed by atoms with van der Waals surface area (Å²) in [5.74, 6) is -0.205. The summed E-state index contributed by atoms with van der Waals surface area (Å²) in [5.41, 5.74) is 2.66. The number of carbonyl (C=O) groups excluding carboxylic acids is 1. The number of anilines is 1. The molecule has 2 N–H and O–H groups in total. The number of halogens is 1. The van der Waals surface area contributed by atoms with Gasteiger partial charge in [0.05, 0.1) is 0 Å². The lowest BCUT2D eigenvalue weighted by Crippen LogP contribution is -2.23. The quantitative estimate of drug-likeness (QED) is 0.770. The highest BCUT2D eigenvalue weighted by Gasteiger charge is 2.03. The zero-order valence-electron chi connectivity index (χ0n) is 12.7. The molecule has 0 aliphatic carbocycles. The van der Waals surface area contributed by atoms with E-state index in [-0.39, 0.29) is 11.7 Å². The minimum Gasteiger partial charge on any atom is -0.326 e. The summed E-state index contributed by atoms with van der Waals surface area (Å²) in [5, 5.41) is 6.01. The van der Waals surface area contributed by atoms with Crippen molar-refractivity contribution in [1.29, 1.82) is 0 Å². The maximum atomic E-state index is 13.4. The lowest BCUT2D eigenvalue weighted by Gasteiger charge is -2.07. The van der Waals surface area contributed by atoms with Crippen molar-refractivity contribution in [1.82, 2.24) is 5.32 Å². The van der Waals surface area contributed by atoms with Gasteiger partial charge in [0.15, 0.2) is 0 Å². The second kappa shape index (κ2) is 8.29. The molecule has 116 valence electrons. The van der Waals surface area contributed by atoms with Crippen LogP contribution in [0.25, 0.3) is 0 Å². The molecule has 2 aromatic carbocycles. The lowest BCUT2D eigenvalue weighted by atomic mass is 10.1. The normalized spacial score (nSPS) is 10.5. The van der Waals surface area contributed by atoms with Crippen LogP contribution in [0, 0.1) is 12.7 Å². The van der Waals surface area contributed by atoms with Crippen LogP contribution in [0.4, 0.5) is 10.1 Å². The van der Waals surface area contributed by atoms with Crippen LogP contribution < -0.4 is 10.6 Å². The van der Waals surface area contributed by atoms with Crippen molar-refractivity contribution in [2.45, 2.75) is 19.8 Å². The molecule has 0 atom stereocenters. The average Bonchev–Trinajstić information content (AvgIpc) is 2.51. The fourth-order valence-electron chi connectivity index (χ4n) is 2.11. The van der Waals surface area contributed by atoms with E-state index in [1.807, 2.05) is 37.3 Å². The average molecular weight is 300 g/mol. The van der Waals surface area contributed by atoms with Crippen LogP contribution in [0.2, 0.25) is 0 Å².